The molecule has 6 aromatic rings. The number of para-hydroxylation sites is 1. The van der Waals surface area contributed by atoms with Crippen LogP contribution in [0.2, 0.25) is 0 Å². The second-order valence-electron chi connectivity index (χ2n) is 9.43. The summed E-state index contributed by atoms with van der Waals surface area (Å²) in [6, 6.07) is 19.2. The third kappa shape index (κ3) is 4.77. The van der Waals surface area contributed by atoms with E-state index in [-0.39, 0.29) is 16.9 Å². The second-order valence-corrected chi connectivity index (χ2v) is 9.43. The summed E-state index contributed by atoms with van der Waals surface area (Å²) in [5.41, 5.74) is 8.57. The van der Waals surface area contributed by atoms with E-state index >= 15 is 0 Å². The number of nitrogen functional groups attached to an aromatic ring is 1. The fourth-order valence-electron chi connectivity index (χ4n) is 4.69. The van der Waals surface area contributed by atoms with Gasteiger partial charge in [0.15, 0.2) is 0 Å². The maximum Gasteiger partial charge on any atom is 0.267 e. The Kier molecular flexibility index (Phi) is 6.45. The van der Waals surface area contributed by atoms with Gasteiger partial charge in [-0.2, -0.15) is 5.10 Å². The normalized spacial score (nSPS) is 11.7. The lowest BCUT2D eigenvalue weighted by molar-refractivity contribution is 0.0940. The first kappa shape index (κ1) is 25.5. The van der Waals surface area contributed by atoms with Crippen LogP contribution in [0.1, 0.15) is 40.4 Å². The number of anilines is 1. The van der Waals surface area contributed by atoms with E-state index in [0.717, 1.165) is 0 Å². The van der Waals surface area contributed by atoms with Crippen LogP contribution < -0.4 is 16.6 Å². The SMILES string of the molecule is C[C@@H](NC(=O)c1c(N)ncc2cccnc12)c1nc2cccc(C#Cc3ccn(C)n3)c2c(=O)n1-c1ccccc1. The van der Waals surface area contributed by atoms with E-state index < -0.39 is 11.9 Å². The molecule has 10 nitrogen and oxygen atoms in total. The molecule has 0 spiro atoms. The highest BCUT2D eigenvalue weighted by atomic mass is 16.2. The van der Waals surface area contributed by atoms with Crippen LogP contribution in [-0.2, 0) is 7.05 Å². The largest absolute Gasteiger partial charge is 0.383 e. The van der Waals surface area contributed by atoms with Crippen LogP contribution in [0, 0.1) is 11.8 Å². The summed E-state index contributed by atoms with van der Waals surface area (Å²) in [5, 5.41) is 8.30. The highest BCUT2D eigenvalue weighted by molar-refractivity contribution is 6.09. The van der Waals surface area contributed by atoms with Crippen molar-refractivity contribution in [2.75, 3.05) is 5.73 Å². The summed E-state index contributed by atoms with van der Waals surface area (Å²) >= 11 is 0. The van der Waals surface area contributed by atoms with Gasteiger partial charge in [-0.3, -0.25) is 23.8 Å². The number of fused-ring (bicyclic) bond motifs is 2. The van der Waals surface area contributed by atoms with Crippen molar-refractivity contribution in [3.05, 3.63) is 118 Å². The summed E-state index contributed by atoms with van der Waals surface area (Å²) in [6.07, 6.45) is 4.97. The molecule has 4 aromatic heterocycles. The Labute approximate surface area is 234 Å². The van der Waals surface area contributed by atoms with Crippen molar-refractivity contribution in [3.63, 3.8) is 0 Å². The van der Waals surface area contributed by atoms with Gasteiger partial charge in [0.2, 0.25) is 0 Å². The number of benzene rings is 2. The van der Waals surface area contributed by atoms with Gasteiger partial charge in [-0.1, -0.05) is 30.2 Å². The Morgan fingerprint density at radius 3 is 2.61 bits per heavy atom. The molecule has 6 rings (SSSR count). The molecular weight excluding hydrogens is 516 g/mol. The molecule has 1 atom stereocenters. The quantitative estimate of drug-likeness (QED) is 0.327. The Bertz CT molecular complexity index is 2070. The Morgan fingerprint density at radius 2 is 1.83 bits per heavy atom. The zero-order chi connectivity index (χ0) is 28.5. The summed E-state index contributed by atoms with van der Waals surface area (Å²) in [4.78, 5) is 41.1. The molecule has 3 N–H and O–H groups in total. The summed E-state index contributed by atoms with van der Waals surface area (Å²) < 4.78 is 3.17. The fourth-order valence-corrected chi connectivity index (χ4v) is 4.69. The molecule has 0 radical (unpaired) electrons. The van der Waals surface area contributed by atoms with E-state index in [1.165, 1.54) is 4.57 Å². The van der Waals surface area contributed by atoms with Crippen molar-refractivity contribution in [2.45, 2.75) is 13.0 Å². The highest BCUT2D eigenvalue weighted by Gasteiger charge is 2.23. The number of carbonyl (C=O) groups excluding carboxylic acids is 1. The van der Waals surface area contributed by atoms with E-state index in [2.05, 4.69) is 32.2 Å². The van der Waals surface area contributed by atoms with Crippen LogP contribution in [0.25, 0.3) is 27.5 Å². The van der Waals surface area contributed by atoms with E-state index in [9.17, 15) is 9.59 Å². The van der Waals surface area contributed by atoms with Crippen molar-refractivity contribution < 1.29 is 4.79 Å². The molecule has 4 heterocycles. The van der Waals surface area contributed by atoms with Gasteiger partial charge in [0, 0.05) is 36.6 Å². The number of hydrogen-bond acceptors (Lipinski definition) is 7. The molecule has 0 aliphatic rings. The summed E-state index contributed by atoms with van der Waals surface area (Å²) in [6.45, 7) is 1.76. The third-order valence-corrected chi connectivity index (χ3v) is 6.61. The number of rotatable bonds is 4. The van der Waals surface area contributed by atoms with Crippen LogP contribution >= 0.6 is 0 Å². The standard InChI is InChI=1S/C31H24N8O2/c1-19(35-30(40)26-27-21(9-7-16-33-27)18-34-28(26)32)29-36-24-12-6-8-20(13-14-22-15-17-38(2)37-22)25(24)31(41)39(29)23-10-4-3-5-11-23/h3-12,15-19H,1-2H3,(H2,32,34)(H,35,40)/t19-/m1/s1. The monoisotopic (exact) mass is 540 g/mol. The fraction of sp³-hybridized carbons (Fsp3) is 0.0968. The topological polar surface area (TPSA) is 134 Å². The lowest BCUT2D eigenvalue weighted by atomic mass is 10.1. The minimum atomic E-state index is -0.693. The Balaban J connectivity index is 1.48. The smallest absolute Gasteiger partial charge is 0.267 e. The summed E-state index contributed by atoms with van der Waals surface area (Å²) in [5.74, 6) is 6.04. The predicted octanol–water partition coefficient (Wildman–Crippen LogP) is 3.54. The van der Waals surface area contributed by atoms with Crippen LogP contribution in [0.15, 0.2) is 90.1 Å². The van der Waals surface area contributed by atoms with Gasteiger partial charge < -0.3 is 11.1 Å². The van der Waals surface area contributed by atoms with E-state index in [0.29, 0.717) is 44.6 Å². The molecule has 0 aliphatic carbocycles. The van der Waals surface area contributed by atoms with Gasteiger partial charge in [-0.15, -0.1) is 0 Å². The number of aryl methyl sites for hydroxylation is 1. The number of nitrogens with two attached hydrogens (primary N) is 1. The van der Waals surface area contributed by atoms with Crippen molar-refractivity contribution in [1.29, 1.82) is 0 Å². The highest BCUT2D eigenvalue weighted by Crippen LogP contribution is 2.23. The number of nitrogens with one attached hydrogen (secondary N) is 1. The molecular formula is C31H24N8O2. The number of pyridine rings is 2. The number of carbonyl (C=O) groups is 1. The molecule has 10 heteroatoms. The predicted molar refractivity (Wildman–Crippen MR) is 156 cm³/mol. The molecule has 0 unspecified atom stereocenters. The van der Waals surface area contributed by atoms with Gasteiger partial charge in [-0.25, -0.2) is 9.97 Å². The summed E-state index contributed by atoms with van der Waals surface area (Å²) in [7, 11) is 1.81. The minimum Gasteiger partial charge on any atom is -0.383 e. The average molecular weight is 541 g/mol. The zero-order valence-electron chi connectivity index (χ0n) is 22.2. The van der Waals surface area contributed by atoms with Gasteiger partial charge in [0.1, 0.15) is 22.9 Å². The van der Waals surface area contributed by atoms with Crippen LogP contribution in [-0.4, -0.2) is 35.2 Å². The van der Waals surface area contributed by atoms with Crippen molar-refractivity contribution in [3.8, 4) is 17.5 Å². The molecule has 0 saturated carbocycles. The number of amides is 1. The van der Waals surface area contributed by atoms with Crippen molar-refractivity contribution in [1.82, 2.24) is 34.6 Å². The molecule has 0 fully saturated rings. The first-order valence-corrected chi connectivity index (χ1v) is 12.8. The third-order valence-electron chi connectivity index (χ3n) is 6.61. The average Bonchev–Trinajstić information content (AvgIpc) is 3.40. The lowest BCUT2D eigenvalue weighted by Crippen LogP contribution is -2.34. The molecule has 0 saturated heterocycles. The number of hydrogen-bond donors (Lipinski definition) is 2. The van der Waals surface area contributed by atoms with Gasteiger partial charge in [0.25, 0.3) is 11.5 Å². The minimum absolute atomic E-state index is 0.0592. The van der Waals surface area contributed by atoms with E-state index in [1.807, 2.05) is 37.4 Å². The molecule has 2 aromatic carbocycles. The van der Waals surface area contributed by atoms with Crippen molar-refractivity contribution >= 4 is 33.5 Å². The zero-order valence-corrected chi connectivity index (χ0v) is 22.2. The van der Waals surface area contributed by atoms with Crippen molar-refractivity contribution in [2.24, 2.45) is 7.05 Å². The molecule has 1 amide bonds. The van der Waals surface area contributed by atoms with Gasteiger partial charge in [0.05, 0.1) is 28.1 Å². The first-order chi connectivity index (χ1) is 19.9. The first-order valence-electron chi connectivity index (χ1n) is 12.8. The van der Waals surface area contributed by atoms with E-state index in [4.69, 9.17) is 10.7 Å². The van der Waals surface area contributed by atoms with Crippen LogP contribution in [0.3, 0.4) is 0 Å². The number of aromatic nitrogens is 6. The van der Waals surface area contributed by atoms with E-state index in [1.54, 1.807) is 66.6 Å². The Hall–Kier alpha value is -5.82. The lowest BCUT2D eigenvalue weighted by Gasteiger charge is -2.20. The maximum absolute atomic E-state index is 14.2. The van der Waals surface area contributed by atoms with Crippen LogP contribution in [0.4, 0.5) is 5.82 Å². The Morgan fingerprint density at radius 1 is 1.00 bits per heavy atom. The second kappa shape index (κ2) is 10.4. The molecule has 0 aliphatic heterocycles. The van der Waals surface area contributed by atoms with Gasteiger partial charge in [-0.05, 0) is 55.3 Å². The maximum atomic E-state index is 14.2. The number of nitrogens with zero attached hydrogens (tertiary/aromatic N) is 6. The molecule has 200 valence electrons. The molecule has 41 heavy (non-hydrogen) atoms. The molecule has 0 bridgehead atoms. The van der Waals surface area contributed by atoms with Gasteiger partial charge >= 0.3 is 0 Å². The van der Waals surface area contributed by atoms with Crippen LogP contribution in [0.5, 0.6) is 0 Å².